The summed E-state index contributed by atoms with van der Waals surface area (Å²) in [5, 5.41) is 48.0. The summed E-state index contributed by atoms with van der Waals surface area (Å²) < 4.78 is 50.2. The molecule has 2 aliphatic heterocycles. The monoisotopic (exact) mass is 417 g/mol. The zero-order valence-electron chi connectivity index (χ0n) is 13.4. The molecule has 156 valence electrons. The number of carbonyl (C=O) groups is 1. The lowest BCUT2D eigenvalue weighted by Crippen LogP contribution is -2.64. The molecule has 8 N–H and O–H groups in total. The van der Waals surface area contributed by atoms with Gasteiger partial charge in [-0.15, -0.1) is 0 Å². The molecule has 14 nitrogen and oxygen atoms in total. The van der Waals surface area contributed by atoms with E-state index < -0.39 is 77.9 Å². The van der Waals surface area contributed by atoms with Crippen LogP contribution in [0.5, 0.6) is 0 Å². The SMILES string of the molecule is NC1C(O)OC(CO)C(OC2OC(C(=O)O)=CC(O)C2OS(=O)(=O)O)C1O. The lowest BCUT2D eigenvalue weighted by molar-refractivity contribution is -0.302. The number of aliphatic hydroxyl groups excluding tert-OH is 4. The maximum absolute atomic E-state index is 11.1. The number of carboxylic acids is 1. The van der Waals surface area contributed by atoms with E-state index in [9.17, 15) is 33.6 Å². The van der Waals surface area contributed by atoms with Gasteiger partial charge in [0.2, 0.25) is 12.0 Å². The van der Waals surface area contributed by atoms with Gasteiger partial charge in [-0.2, -0.15) is 8.42 Å². The molecule has 8 unspecified atom stereocenters. The molecule has 0 radical (unpaired) electrons. The fourth-order valence-corrected chi connectivity index (χ4v) is 3.02. The van der Waals surface area contributed by atoms with E-state index >= 15 is 0 Å². The van der Waals surface area contributed by atoms with E-state index in [4.69, 9.17) is 29.6 Å². The van der Waals surface area contributed by atoms with Crippen LogP contribution in [0, 0.1) is 0 Å². The summed E-state index contributed by atoms with van der Waals surface area (Å²) in [6, 6.07) is -1.40. The highest BCUT2D eigenvalue weighted by Crippen LogP contribution is 2.29. The molecule has 1 saturated heterocycles. The zero-order valence-corrected chi connectivity index (χ0v) is 14.2. The number of aliphatic carboxylic acids is 1. The first kappa shape index (κ1) is 21.9. The molecule has 2 heterocycles. The number of ether oxygens (including phenoxy) is 3. The Kier molecular flexibility index (Phi) is 6.74. The van der Waals surface area contributed by atoms with Gasteiger partial charge in [0.05, 0.1) is 12.6 Å². The molecule has 0 aromatic carbocycles. The van der Waals surface area contributed by atoms with Crippen LogP contribution >= 0.6 is 0 Å². The number of rotatable bonds is 6. The summed E-state index contributed by atoms with van der Waals surface area (Å²) in [5.41, 5.74) is 5.52. The van der Waals surface area contributed by atoms with Crippen LogP contribution in [0.2, 0.25) is 0 Å². The van der Waals surface area contributed by atoms with Crippen LogP contribution in [0.15, 0.2) is 11.8 Å². The van der Waals surface area contributed by atoms with Gasteiger partial charge in [0, 0.05) is 0 Å². The van der Waals surface area contributed by atoms with Gasteiger partial charge < -0.3 is 45.5 Å². The number of aliphatic hydroxyl groups is 4. The fourth-order valence-electron chi connectivity index (χ4n) is 2.54. The van der Waals surface area contributed by atoms with Gasteiger partial charge in [-0.05, 0) is 6.08 Å². The third kappa shape index (κ3) is 5.11. The van der Waals surface area contributed by atoms with Crippen LogP contribution < -0.4 is 5.73 Å². The first-order valence-electron chi connectivity index (χ1n) is 7.43. The van der Waals surface area contributed by atoms with Crippen molar-refractivity contribution in [1.29, 1.82) is 0 Å². The lowest BCUT2D eigenvalue weighted by Gasteiger charge is -2.43. The van der Waals surface area contributed by atoms with Crippen molar-refractivity contribution in [3.8, 4) is 0 Å². The first-order valence-corrected chi connectivity index (χ1v) is 8.80. The third-order valence-corrected chi connectivity index (χ3v) is 4.29. The zero-order chi connectivity index (χ0) is 20.5. The van der Waals surface area contributed by atoms with Crippen molar-refractivity contribution in [2.45, 2.75) is 49.1 Å². The van der Waals surface area contributed by atoms with Crippen molar-refractivity contribution in [3.05, 3.63) is 11.8 Å². The maximum atomic E-state index is 11.1. The van der Waals surface area contributed by atoms with Crippen LogP contribution in [-0.4, -0.2) is 100 Å². The van der Waals surface area contributed by atoms with E-state index in [-0.39, 0.29) is 0 Å². The fraction of sp³-hybridized carbons (Fsp3) is 0.750. The van der Waals surface area contributed by atoms with Crippen LogP contribution in [0.4, 0.5) is 0 Å². The minimum Gasteiger partial charge on any atom is -0.475 e. The molecule has 2 rings (SSSR count). The molecule has 0 spiro atoms. The molecule has 0 bridgehead atoms. The molecule has 1 fully saturated rings. The highest BCUT2D eigenvalue weighted by Gasteiger charge is 2.48. The Bertz CT molecular complexity index is 679. The van der Waals surface area contributed by atoms with Gasteiger partial charge in [0.15, 0.2) is 12.4 Å². The van der Waals surface area contributed by atoms with Crippen molar-refractivity contribution >= 4 is 16.4 Å². The molecule has 15 heteroatoms. The van der Waals surface area contributed by atoms with Gasteiger partial charge in [-0.25, -0.2) is 8.98 Å². The lowest BCUT2D eigenvalue weighted by atomic mass is 9.97. The van der Waals surface area contributed by atoms with E-state index in [2.05, 4.69) is 4.18 Å². The summed E-state index contributed by atoms with van der Waals surface area (Å²) in [4.78, 5) is 11.1. The van der Waals surface area contributed by atoms with Gasteiger partial charge >= 0.3 is 16.4 Å². The smallest absolute Gasteiger partial charge is 0.397 e. The van der Waals surface area contributed by atoms with Gasteiger partial charge in [0.1, 0.15) is 24.4 Å². The van der Waals surface area contributed by atoms with E-state index in [1.807, 2.05) is 0 Å². The standard InChI is InChI=1S/C12H19NO13S/c13-6-7(16)9(5(2-14)23-11(6)19)25-12-8(26-27(20,21)22)3(15)1-4(24-12)10(17)18/h1,3,5-9,11-12,14-16,19H,2,13H2,(H,17,18)(H,20,21,22). The van der Waals surface area contributed by atoms with Crippen LogP contribution in [0.3, 0.4) is 0 Å². The Balaban J connectivity index is 2.30. The Hall–Kier alpha value is -1.40. The predicted octanol–water partition coefficient (Wildman–Crippen LogP) is -4.36. The Morgan fingerprint density at radius 2 is 1.89 bits per heavy atom. The van der Waals surface area contributed by atoms with Gasteiger partial charge in [0.25, 0.3) is 0 Å². The molecule has 8 atom stereocenters. The molecule has 0 aromatic heterocycles. The average molecular weight is 417 g/mol. The topological polar surface area (TPSA) is 236 Å². The summed E-state index contributed by atoms with van der Waals surface area (Å²) in [5.74, 6) is -2.47. The van der Waals surface area contributed by atoms with Crippen molar-refractivity contribution < 1.29 is 61.7 Å². The highest BCUT2D eigenvalue weighted by molar-refractivity contribution is 7.80. The number of carboxylic acid groups (broad SMARTS) is 1. The minimum atomic E-state index is -5.12. The number of hydrogen-bond donors (Lipinski definition) is 7. The third-order valence-electron chi connectivity index (χ3n) is 3.83. The van der Waals surface area contributed by atoms with E-state index in [1.165, 1.54) is 0 Å². The molecule has 27 heavy (non-hydrogen) atoms. The molecular formula is C12H19NO13S. The quantitative estimate of drug-likeness (QED) is 0.202. The van der Waals surface area contributed by atoms with Crippen LogP contribution in [0.25, 0.3) is 0 Å². The van der Waals surface area contributed by atoms with Crippen LogP contribution in [0.1, 0.15) is 0 Å². The first-order chi connectivity index (χ1) is 12.4. The Morgan fingerprint density at radius 1 is 1.26 bits per heavy atom. The predicted molar refractivity (Wildman–Crippen MR) is 79.8 cm³/mol. The minimum absolute atomic E-state index is 0.602. The Morgan fingerprint density at radius 3 is 2.41 bits per heavy atom. The van der Waals surface area contributed by atoms with Crippen molar-refractivity contribution in [1.82, 2.24) is 0 Å². The van der Waals surface area contributed by atoms with Crippen molar-refractivity contribution in [2.75, 3.05) is 6.61 Å². The molecular weight excluding hydrogens is 398 g/mol. The average Bonchev–Trinajstić information content (AvgIpc) is 2.56. The summed E-state index contributed by atoms with van der Waals surface area (Å²) in [6.07, 6.45) is -11.5. The molecule has 2 aliphatic rings. The van der Waals surface area contributed by atoms with Crippen molar-refractivity contribution in [3.63, 3.8) is 0 Å². The summed E-state index contributed by atoms with van der Waals surface area (Å²) in [6.45, 7) is -0.785. The van der Waals surface area contributed by atoms with E-state index in [0.717, 1.165) is 0 Å². The summed E-state index contributed by atoms with van der Waals surface area (Å²) in [7, 11) is -5.12. The highest BCUT2D eigenvalue weighted by atomic mass is 32.3. The number of nitrogens with two attached hydrogens (primary N) is 1. The van der Waals surface area contributed by atoms with Gasteiger partial charge in [-0.1, -0.05) is 0 Å². The largest absolute Gasteiger partial charge is 0.475 e. The normalized spacial score (nSPS) is 40.1. The second-order valence-electron chi connectivity index (χ2n) is 5.72. The van der Waals surface area contributed by atoms with Gasteiger partial charge in [-0.3, -0.25) is 4.55 Å². The molecule has 0 amide bonds. The number of hydrogen-bond acceptors (Lipinski definition) is 12. The molecule has 0 saturated carbocycles. The molecule has 0 aliphatic carbocycles. The second kappa shape index (κ2) is 8.31. The second-order valence-corrected chi connectivity index (χ2v) is 6.77. The molecule has 0 aromatic rings. The Labute approximate surface area is 152 Å². The van der Waals surface area contributed by atoms with E-state index in [0.29, 0.717) is 6.08 Å². The van der Waals surface area contributed by atoms with Crippen LogP contribution in [-0.2, 0) is 33.6 Å². The maximum Gasteiger partial charge on any atom is 0.397 e. The van der Waals surface area contributed by atoms with E-state index in [1.54, 1.807) is 0 Å². The summed E-state index contributed by atoms with van der Waals surface area (Å²) >= 11 is 0. The van der Waals surface area contributed by atoms with Crippen molar-refractivity contribution in [2.24, 2.45) is 5.73 Å².